The summed E-state index contributed by atoms with van der Waals surface area (Å²) in [5, 5.41) is 2.77. The summed E-state index contributed by atoms with van der Waals surface area (Å²) >= 11 is 1.52. The quantitative estimate of drug-likeness (QED) is 0.759. The Kier molecular flexibility index (Phi) is 3.15. The molecule has 0 saturated carbocycles. The van der Waals surface area contributed by atoms with E-state index in [0.29, 0.717) is 12.1 Å². The summed E-state index contributed by atoms with van der Waals surface area (Å²) in [6.45, 7) is 3.93. The van der Waals surface area contributed by atoms with E-state index in [1.54, 1.807) is 0 Å². The molecule has 16 heavy (non-hydrogen) atoms. The third kappa shape index (κ3) is 2.36. The number of carbonyl (C=O) groups excluding carboxylic acids is 1. The predicted molar refractivity (Wildman–Crippen MR) is 66.1 cm³/mol. The van der Waals surface area contributed by atoms with Crippen molar-refractivity contribution in [3.8, 4) is 0 Å². The summed E-state index contributed by atoms with van der Waals surface area (Å²) in [5.74, 6) is 0.0960. The topological polar surface area (TPSA) is 30.0 Å². The first-order valence-electron chi connectivity index (χ1n) is 5.16. The lowest BCUT2D eigenvalue weighted by Crippen LogP contribution is -2.05. The van der Waals surface area contributed by atoms with Crippen LogP contribution in [-0.2, 0) is 6.42 Å². The Bertz CT molecular complexity index is 516. The number of rotatable bonds is 3. The molecule has 1 aromatic heterocycles. The molecule has 0 aliphatic heterocycles. The molecule has 0 radical (unpaired) electrons. The average Bonchev–Trinajstić information content (AvgIpc) is 2.68. The second-order valence-electron chi connectivity index (χ2n) is 3.78. The number of hydrogen-bond acceptors (Lipinski definition) is 3. The zero-order valence-corrected chi connectivity index (χ0v) is 10.2. The van der Waals surface area contributed by atoms with Crippen molar-refractivity contribution in [3.63, 3.8) is 0 Å². The summed E-state index contributed by atoms with van der Waals surface area (Å²) in [4.78, 5) is 16.1. The van der Waals surface area contributed by atoms with Gasteiger partial charge in [0.05, 0.1) is 5.01 Å². The first-order chi connectivity index (χ1) is 7.66. The van der Waals surface area contributed by atoms with Crippen LogP contribution in [0, 0.1) is 13.8 Å². The van der Waals surface area contributed by atoms with E-state index >= 15 is 0 Å². The van der Waals surface area contributed by atoms with Gasteiger partial charge in [0, 0.05) is 11.8 Å². The molecule has 0 amide bonds. The van der Waals surface area contributed by atoms with Crippen LogP contribution in [0.1, 0.15) is 26.6 Å². The van der Waals surface area contributed by atoms with Crippen molar-refractivity contribution < 1.29 is 4.79 Å². The number of ketones is 1. The SMILES string of the molecule is Cc1nc(C(=O)Cc2ccccc2C)cs1. The molecule has 0 atom stereocenters. The van der Waals surface area contributed by atoms with Crippen LogP contribution in [-0.4, -0.2) is 10.8 Å². The van der Waals surface area contributed by atoms with Crippen molar-refractivity contribution in [2.45, 2.75) is 20.3 Å². The van der Waals surface area contributed by atoms with E-state index in [1.165, 1.54) is 11.3 Å². The molecule has 0 aliphatic rings. The van der Waals surface area contributed by atoms with Crippen molar-refractivity contribution in [1.82, 2.24) is 4.98 Å². The molecule has 0 unspecified atom stereocenters. The molecule has 0 bridgehead atoms. The lowest BCUT2D eigenvalue weighted by Gasteiger charge is -2.02. The largest absolute Gasteiger partial charge is 0.292 e. The number of hydrogen-bond donors (Lipinski definition) is 0. The van der Waals surface area contributed by atoms with Crippen molar-refractivity contribution >= 4 is 17.1 Å². The van der Waals surface area contributed by atoms with E-state index < -0.39 is 0 Å². The monoisotopic (exact) mass is 231 g/mol. The highest BCUT2D eigenvalue weighted by molar-refractivity contribution is 7.09. The first kappa shape index (κ1) is 11.0. The Balaban J connectivity index is 2.17. The number of aromatic nitrogens is 1. The number of benzene rings is 1. The minimum atomic E-state index is 0.0960. The number of Topliss-reactive ketones (excluding diaryl/α,β-unsaturated/α-hetero) is 1. The van der Waals surface area contributed by atoms with Gasteiger partial charge in [-0.2, -0.15) is 0 Å². The smallest absolute Gasteiger partial charge is 0.186 e. The standard InChI is InChI=1S/C13H13NOS/c1-9-5-3-4-6-11(9)7-13(15)12-8-16-10(2)14-12/h3-6,8H,7H2,1-2H3. The lowest BCUT2D eigenvalue weighted by atomic mass is 10.0. The third-order valence-corrected chi connectivity index (χ3v) is 3.29. The van der Waals surface area contributed by atoms with E-state index in [1.807, 2.05) is 43.5 Å². The van der Waals surface area contributed by atoms with Crippen LogP contribution < -0.4 is 0 Å². The van der Waals surface area contributed by atoms with E-state index in [-0.39, 0.29) is 5.78 Å². The summed E-state index contributed by atoms with van der Waals surface area (Å²) in [5.41, 5.74) is 2.83. The zero-order valence-electron chi connectivity index (χ0n) is 9.36. The normalized spacial score (nSPS) is 10.4. The number of carbonyl (C=O) groups is 1. The Morgan fingerprint density at radius 3 is 2.69 bits per heavy atom. The fraction of sp³-hybridized carbons (Fsp3) is 0.231. The molecule has 0 spiro atoms. The van der Waals surface area contributed by atoms with Crippen LogP contribution in [0.5, 0.6) is 0 Å². The Morgan fingerprint density at radius 2 is 2.06 bits per heavy atom. The molecule has 0 N–H and O–H groups in total. The highest BCUT2D eigenvalue weighted by atomic mass is 32.1. The average molecular weight is 231 g/mol. The maximum Gasteiger partial charge on any atom is 0.186 e. The van der Waals surface area contributed by atoms with Gasteiger partial charge in [-0.25, -0.2) is 4.98 Å². The molecule has 1 heterocycles. The van der Waals surface area contributed by atoms with Gasteiger partial charge in [-0.3, -0.25) is 4.79 Å². The minimum Gasteiger partial charge on any atom is -0.292 e. The molecule has 0 fully saturated rings. The highest BCUT2D eigenvalue weighted by Crippen LogP contribution is 2.13. The summed E-state index contributed by atoms with van der Waals surface area (Å²) in [6, 6.07) is 7.96. The van der Waals surface area contributed by atoms with E-state index in [4.69, 9.17) is 0 Å². The van der Waals surface area contributed by atoms with Crippen LogP contribution in [0.3, 0.4) is 0 Å². The van der Waals surface area contributed by atoms with Crippen LogP contribution in [0.4, 0.5) is 0 Å². The number of nitrogens with zero attached hydrogens (tertiary/aromatic N) is 1. The predicted octanol–water partition coefficient (Wildman–Crippen LogP) is 3.19. The Morgan fingerprint density at radius 1 is 1.31 bits per heavy atom. The maximum absolute atomic E-state index is 11.9. The Hall–Kier alpha value is -1.48. The summed E-state index contributed by atoms with van der Waals surface area (Å²) < 4.78 is 0. The molecule has 2 nitrogen and oxygen atoms in total. The van der Waals surface area contributed by atoms with Gasteiger partial charge in [0.1, 0.15) is 5.69 Å². The van der Waals surface area contributed by atoms with Crippen molar-refractivity contribution in [2.75, 3.05) is 0 Å². The van der Waals surface area contributed by atoms with Gasteiger partial charge in [-0.05, 0) is 25.0 Å². The fourth-order valence-electron chi connectivity index (χ4n) is 1.56. The summed E-state index contributed by atoms with van der Waals surface area (Å²) in [7, 11) is 0. The van der Waals surface area contributed by atoms with Crippen LogP contribution in [0.15, 0.2) is 29.6 Å². The van der Waals surface area contributed by atoms with E-state index in [0.717, 1.165) is 16.1 Å². The molecular weight excluding hydrogens is 218 g/mol. The highest BCUT2D eigenvalue weighted by Gasteiger charge is 2.11. The molecule has 2 aromatic rings. The van der Waals surface area contributed by atoms with Gasteiger partial charge in [0.2, 0.25) is 0 Å². The van der Waals surface area contributed by atoms with Crippen molar-refractivity contribution in [1.29, 1.82) is 0 Å². The van der Waals surface area contributed by atoms with Crippen LogP contribution in [0.25, 0.3) is 0 Å². The van der Waals surface area contributed by atoms with Gasteiger partial charge in [-0.1, -0.05) is 24.3 Å². The van der Waals surface area contributed by atoms with Gasteiger partial charge < -0.3 is 0 Å². The van der Waals surface area contributed by atoms with Gasteiger partial charge >= 0.3 is 0 Å². The van der Waals surface area contributed by atoms with Gasteiger partial charge in [0.15, 0.2) is 5.78 Å². The second kappa shape index (κ2) is 4.58. The Labute approximate surface area is 99.0 Å². The minimum absolute atomic E-state index is 0.0960. The third-order valence-electron chi connectivity index (χ3n) is 2.52. The molecular formula is C13H13NOS. The number of aryl methyl sites for hydroxylation is 2. The van der Waals surface area contributed by atoms with Crippen molar-refractivity contribution in [3.05, 3.63) is 51.5 Å². The molecule has 3 heteroatoms. The fourth-order valence-corrected chi connectivity index (χ4v) is 2.18. The van der Waals surface area contributed by atoms with E-state index in [9.17, 15) is 4.79 Å². The first-order valence-corrected chi connectivity index (χ1v) is 6.04. The molecule has 82 valence electrons. The lowest BCUT2D eigenvalue weighted by molar-refractivity contribution is 0.0988. The van der Waals surface area contributed by atoms with E-state index in [2.05, 4.69) is 4.98 Å². The molecule has 0 aliphatic carbocycles. The zero-order chi connectivity index (χ0) is 11.5. The van der Waals surface area contributed by atoms with Crippen molar-refractivity contribution in [2.24, 2.45) is 0 Å². The van der Waals surface area contributed by atoms with Gasteiger partial charge in [-0.15, -0.1) is 11.3 Å². The van der Waals surface area contributed by atoms with Crippen LogP contribution in [0.2, 0.25) is 0 Å². The maximum atomic E-state index is 11.9. The van der Waals surface area contributed by atoms with Crippen LogP contribution >= 0.6 is 11.3 Å². The van der Waals surface area contributed by atoms with Gasteiger partial charge in [0.25, 0.3) is 0 Å². The molecule has 0 saturated heterocycles. The summed E-state index contributed by atoms with van der Waals surface area (Å²) in [6.07, 6.45) is 0.440. The number of thiazole rings is 1. The second-order valence-corrected chi connectivity index (χ2v) is 4.84. The molecule has 1 aromatic carbocycles. The molecule has 2 rings (SSSR count).